The Morgan fingerprint density at radius 2 is 1.54 bits per heavy atom. The minimum absolute atomic E-state index is 0.0395. The van der Waals surface area contributed by atoms with Crippen molar-refractivity contribution in [3.05, 3.63) is 89.0 Å². The van der Waals surface area contributed by atoms with Gasteiger partial charge in [-0.05, 0) is 66.8 Å². The smallest absolute Gasteiger partial charge is 0.411 e. The molecule has 7 heteroatoms. The van der Waals surface area contributed by atoms with Crippen molar-refractivity contribution in [1.29, 1.82) is 0 Å². The second-order valence-electron chi connectivity index (χ2n) is 9.21. The molecule has 1 aliphatic carbocycles. The molecule has 0 radical (unpaired) electrons. The largest absolute Gasteiger partial charge is 0.480 e. The number of anilines is 1. The van der Waals surface area contributed by atoms with Crippen LogP contribution >= 0.6 is 0 Å². The van der Waals surface area contributed by atoms with E-state index in [-0.39, 0.29) is 12.5 Å². The van der Waals surface area contributed by atoms with Gasteiger partial charge >= 0.3 is 12.1 Å². The molecular formula is C28H28N2O5. The summed E-state index contributed by atoms with van der Waals surface area (Å²) in [5.74, 6) is -1.56. The molecule has 2 N–H and O–H groups in total. The maximum absolute atomic E-state index is 12.8. The van der Waals surface area contributed by atoms with Gasteiger partial charge in [0.15, 0.2) is 0 Å². The molecule has 0 atom stereocenters. The number of ether oxygens (including phenoxy) is 1. The van der Waals surface area contributed by atoms with E-state index in [0.29, 0.717) is 16.8 Å². The number of aliphatic carboxylic acids is 1. The Labute approximate surface area is 204 Å². The van der Waals surface area contributed by atoms with Crippen LogP contribution in [0.2, 0.25) is 0 Å². The van der Waals surface area contributed by atoms with Crippen LogP contribution in [0.15, 0.2) is 66.7 Å². The van der Waals surface area contributed by atoms with Crippen LogP contribution < -0.4 is 5.32 Å². The van der Waals surface area contributed by atoms with Crippen LogP contribution in [0.1, 0.15) is 46.8 Å². The van der Waals surface area contributed by atoms with Gasteiger partial charge in [-0.1, -0.05) is 48.5 Å². The average Bonchev–Trinajstić information content (AvgIpc) is 3.16. The second kappa shape index (κ2) is 9.25. The second-order valence-corrected chi connectivity index (χ2v) is 9.21. The van der Waals surface area contributed by atoms with Gasteiger partial charge in [0.2, 0.25) is 0 Å². The van der Waals surface area contributed by atoms with Crippen LogP contribution in [-0.4, -0.2) is 47.2 Å². The highest BCUT2D eigenvalue weighted by molar-refractivity contribution is 5.98. The van der Waals surface area contributed by atoms with Crippen LogP contribution in [-0.2, 0) is 9.53 Å². The van der Waals surface area contributed by atoms with E-state index in [4.69, 9.17) is 4.74 Å². The Hall–Kier alpha value is -4.13. The van der Waals surface area contributed by atoms with Crippen LogP contribution in [0.4, 0.5) is 10.5 Å². The van der Waals surface area contributed by atoms with Crippen molar-refractivity contribution >= 4 is 23.7 Å². The Morgan fingerprint density at radius 3 is 2.09 bits per heavy atom. The molecule has 3 aromatic rings. The molecule has 180 valence electrons. The lowest BCUT2D eigenvalue weighted by molar-refractivity contribution is -0.147. The summed E-state index contributed by atoms with van der Waals surface area (Å²) in [5, 5.41) is 12.1. The number of carbonyl (C=O) groups is 3. The fraction of sp³-hybridized carbons (Fsp3) is 0.250. The fourth-order valence-electron chi connectivity index (χ4n) is 4.27. The van der Waals surface area contributed by atoms with E-state index < -0.39 is 23.5 Å². The van der Waals surface area contributed by atoms with Gasteiger partial charge in [0.05, 0.1) is 0 Å². The van der Waals surface area contributed by atoms with Gasteiger partial charge in [0.25, 0.3) is 5.91 Å². The molecular weight excluding hydrogens is 444 g/mol. The number of likely N-dealkylation sites (N-methyl/N-ethyl adjacent to an activating group) is 1. The molecule has 35 heavy (non-hydrogen) atoms. The van der Waals surface area contributed by atoms with Crippen LogP contribution in [0.25, 0.3) is 11.1 Å². The predicted octanol–water partition coefficient (Wildman–Crippen LogP) is 5.29. The lowest BCUT2D eigenvalue weighted by Gasteiger charge is -2.31. The number of aryl methyl sites for hydroxylation is 1. The van der Waals surface area contributed by atoms with E-state index in [1.165, 1.54) is 25.8 Å². The van der Waals surface area contributed by atoms with Crippen LogP contribution in [0, 0.1) is 6.92 Å². The van der Waals surface area contributed by atoms with E-state index in [0.717, 1.165) is 22.3 Å². The summed E-state index contributed by atoms with van der Waals surface area (Å²) in [6, 6.07) is 21.0. The molecule has 0 bridgehead atoms. The van der Waals surface area contributed by atoms with Crippen molar-refractivity contribution in [3.63, 3.8) is 0 Å². The van der Waals surface area contributed by atoms with Gasteiger partial charge < -0.3 is 14.7 Å². The molecule has 1 aliphatic rings. The summed E-state index contributed by atoms with van der Waals surface area (Å²) in [4.78, 5) is 38.0. The minimum atomic E-state index is -1.36. The number of rotatable bonds is 6. The summed E-state index contributed by atoms with van der Waals surface area (Å²) in [5.41, 5.74) is 4.72. The zero-order valence-corrected chi connectivity index (χ0v) is 20.2. The van der Waals surface area contributed by atoms with E-state index in [2.05, 4.69) is 29.6 Å². The van der Waals surface area contributed by atoms with Crippen molar-refractivity contribution in [1.82, 2.24) is 4.90 Å². The number of nitrogens with zero attached hydrogens (tertiary/aromatic N) is 1. The van der Waals surface area contributed by atoms with Crippen molar-refractivity contribution in [3.8, 4) is 11.1 Å². The maximum atomic E-state index is 12.8. The Kier molecular flexibility index (Phi) is 6.35. The van der Waals surface area contributed by atoms with Crippen molar-refractivity contribution in [2.24, 2.45) is 0 Å². The molecule has 0 unspecified atom stereocenters. The highest BCUT2D eigenvalue weighted by Crippen LogP contribution is 2.44. The number of carboxylic acid groups (broad SMARTS) is 1. The number of benzene rings is 3. The molecule has 0 aromatic heterocycles. The van der Waals surface area contributed by atoms with Gasteiger partial charge in [0, 0.05) is 24.2 Å². The molecule has 2 amide bonds. The monoisotopic (exact) mass is 472 g/mol. The van der Waals surface area contributed by atoms with Gasteiger partial charge in [0.1, 0.15) is 12.1 Å². The van der Waals surface area contributed by atoms with Crippen molar-refractivity contribution in [2.45, 2.75) is 32.2 Å². The summed E-state index contributed by atoms with van der Waals surface area (Å²) in [6.07, 6.45) is -0.585. The topological polar surface area (TPSA) is 95.9 Å². The predicted molar refractivity (Wildman–Crippen MR) is 134 cm³/mol. The fourth-order valence-corrected chi connectivity index (χ4v) is 4.27. The van der Waals surface area contributed by atoms with Gasteiger partial charge in [-0.2, -0.15) is 0 Å². The first-order valence-electron chi connectivity index (χ1n) is 11.4. The highest BCUT2D eigenvalue weighted by Gasteiger charge is 2.35. The lowest BCUT2D eigenvalue weighted by Crippen LogP contribution is -2.50. The van der Waals surface area contributed by atoms with Crippen LogP contribution in [0.3, 0.4) is 0 Å². The van der Waals surface area contributed by atoms with Gasteiger partial charge in [-0.3, -0.25) is 10.1 Å². The molecule has 0 saturated heterocycles. The van der Waals surface area contributed by atoms with E-state index in [9.17, 15) is 19.5 Å². The highest BCUT2D eigenvalue weighted by atomic mass is 16.5. The van der Waals surface area contributed by atoms with Crippen molar-refractivity contribution < 1.29 is 24.2 Å². The summed E-state index contributed by atoms with van der Waals surface area (Å²) in [6.45, 7) is 4.89. The number of nitrogens with one attached hydrogen (secondary N) is 1. The third kappa shape index (κ3) is 4.49. The number of carbonyl (C=O) groups excluding carboxylic acids is 2. The zero-order valence-electron chi connectivity index (χ0n) is 20.2. The van der Waals surface area contributed by atoms with Gasteiger partial charge in [-0.15, -0.1) is 0 Å². The van der Waals surface area contributed by atoms with Gasteiger partial charge in [-0.25, -0.2) is 9.59 Å². The molecule has 7 nitrogen and oxygen atoms in total. The first-order chi connectivity index (χ1) is 16.6. The number of hydrogen-bond acceptors (Lipinski definition) is 4. The Balaban J connectivity index is 1.43. The third-order valence-electron chi connectivity index (χ3n) is 6.72. The Bertz CT molecular complexity index is 1270. The average molecular weight is 473 g/mol. The molecule has 0 fully saturated rings. The number of carboxylic acids is 1. The number of amides is 2. The van der Waals surface area contributed by atoms with Crippen molar-refractivity contribution in [2.75, 3.05) is 19.0 Å². The zero-order chi connectivity index (χ0) is 25.3. The van der Waals surface area contributed by atoms with E-state index in [1.54, 1.807) is 25.1 Å². The SMILES string of the molecule is Cc1cc(C(=O)N(C)C(C)(C)C(=O)O)ccc1NC(=O)OCC1c2ccccc2-c2ccccc21. The first-order valence-corrected chi connectivity index (χ1v) is 11.4. The molecule has 3 aromatic carbocycles. The molecule has 0 heterocycles. The molecule has 0 spiro atoms. The van der Waals surface area contributed by atoms with E-state index >= 15 is 0 Å². The molecule has 0 saturated carbocycles. The van der Waals surface area contributed by atoms with Crippen LogP contribution in [0.5, 0.6) is 0 Å². The number of fused-ring (bicyclic) bond motifs is 3. The normalized spacial score (nSPS) is 12.5. The Morgan fingerprint density at radius 1 is 0.971 bits per heavy atom. The quantitative estimate of drug-likeness (QED) is 0.508. The maximum Gasteiger partial charge on any atom is 0.411 e. The number of hydrogen-bond donors (Lipinski definition) is 2. The molecule has 4 rings (SSSR count). The standard InChI is InChI=1S/C28H28N2O5/c1-17-15-18(25(31)30(4)28(2,3)26(32)33)13-14-24(17)29-27(34)35-16-23-21-11-7-5-9-19(21)20-10-6-8-12-22(20)23/h5-15,23H,16H2,1-4H3,(H,29,34)(H,32,33). The molecule has 0 aliphatic heterocycles. The summed E-state index contributed by atoms with van der Waals surface area (Å²) < 4.78 is 5.60. The lowest BCUT2D eigenvalue weighted by atomic mass is 9.98. The first kappa shape index (κ1) is 24.0. The third-order valence-corrected chi connectivity index (χ3v) is 6.72. The van der Waals surface area contributed by atoms with E-state index in [1.807, 2.05) is 24.3 Å². The summed E-state index contributed by atoms with van der Waals surface area (Å²) in [7, 11) is 1.45. The minimum Gasteiger partial charge on any atom is -0.480 e. The summed E-state index contributed by atoms with van der Waals surface area (Å²) >= 11 is 0.